The number of hydrogen-bond donors (Lipinski definition) is 1. The van der Waals surface area contributed by atoms with Crippen LogP contribution in [0.1, 0.15) is 23.2 Å². The molecule has 0 saturated carbocycles. The van der Waals surface area contributed by atoms with Gasteiger partial charge in [0.2, 0.25) is 0 Å². The van der Waals surface area contributed by atoms with Gasteiger partial charge in [0.1, 0.15) is 12.1 Å². The molecule has 0 radical (unpaired) electrons. The minimum absolute atomic E-state index is 0.932. The maximum Gasteiger partial charge on any atom is 0.135 e. The van der Waals surface area contributed by atoms with Gasteiger partial charge in [-0.3, -0.25) is 0 Å². The van der Waals surface area contributed by atoms with Crippen molar-refractivity contribution in [2.24, 2.45) is 0 Å². The highest BCUT2D eigenvalue weighted by atomic mass is 15.2. The van der Waals surface area contributed by atoms with Gasteiger partial charge in [-0.15, -0.1) is 0 Å². The first-order chi connectivity index (χ1) is 11.4. The Morgan fingerprint density at radius 3 is 2.65 bits per heavy atom. The number of nitrogens with zero attached hydrogens (tertiary/aromatic N) is 3. The van der Waals surface area contributed by atoms with Crippen molar-refractivity contribution in [3.05, 3.63) is 59.6 Å². The van der Waals surface area contributed by atoms with Crippen molar-refractivity contribution >= 4 is 11.4 Å². The van der Waals surface area contributed by atoms with E-state index < -0.39 is 0 Å². The molecule has 3 heterocycles. The Bertz CT molecular complexity index is 709. The zero-order chi connectivity index (χ0) is 15.5. The molecule has 0 atom stereocenters. The van der Waals surface area contributed by atoms with E-state index in [4.69, 9.17) is 0 Å². The highest BCUT2D eigenvalue weighted by Gasteiger charge is 2.20. The van der Waals surface area contributed by atoms with Crippen LogP contribution in [0.2, 0.25) is 0 Å². The minimum Gasteiger partial charge on any atom is -0.352 e. The zero-order valence-corrected chi connectivity index (χ0v) is 13.3. The fourth-order valence-corrected chi connectivity index (χ4v) is 3.50. The average Bonchev–Trinajstić information content (AvgIpc) is 2.88. The second kappa shape index (κ2) is 6.50. The Kier molecular flexibility index (Phi) is 4.07. The molecule has 0 spiro atoms. The molecule has 0 unspecified atom stereocenters. The molecule has 2 aliphatic rings. The number of anilines is 1. The SMILES string of the molecule is C1=C(c2ccccc2)CCN(c2ncnc3c2CCNCC3)C1. The fourth-order valence-electron chi connectivity index (χ4n) is 3.50. The van der Waals surface area contributed by atoms with Gasteiger partial charge in [-0.1, -0.05) is 36.4 Å². The Labute approximate surface area is 137 Å². The Balaban J connectivity index is 1.58. The number of aromatic nitrogens is 2. The summed E-state index contributed by atoms with van der Waals surface area (Å²) in [6.07, 6.45) is 7.18. The Morgan fingerprint density at radius 2 is 1.83 bits per heavy atom. The van der Waals surface area contributed by atoms with Crippen LogP contribution in [0.25, 0.3) is 5.57 Å². The summed E-state index contributed by atoms with van der Waals surface area (Å²) in [5.41, 5.74) is 5.36. The van der Waals surface area contributed by atoms with Crippen LogP contribution in [0.4, 0.5) is 5.82 Å². The molecule has 2 aliphatic heterocycles. The third-order valence-electron chi connectivity index (χ3n) is 4.76. The molecule has 4 heteroatoms. The molecule has 1 aromatic heterocycles. The summed E-state index contributed by atoms with van der Waals surface area (Å²) in [7, 11) is 0. The van der Waals surface area contributed by atoms with E-state index in [1.807, 2.05) is 0 Å². The maximum atomic E-state index is 4.61. The highest BCUT2D eigenvalue weighted by molar-refractivity contribution is 5.68. The van der Waals surface area contributed by atoms with Crippen molar-refractivity contribution in [2.45, 2.75) is 19.3 Å². The summed E-state index contributed by atoms with van der Waals surface area (Å²) < 4.78 is 0. The van der Waals surface area contributed by atoms with E-state index in [0.29, 0.717) is 0 Å². The molecular weight excluding hydrogens is 284 g/mol. The summed E-state index contributed by atoms with van der Waals surface area (Å²) >= 11 is 0. The molecule has 4 rings (SSSR count). The maximum absolute atomic E-state index is 4.61. The van der Waals surface area contributed by atoms with E-state index in [9.17, 15) is 0 Å². The second-order valence-electron chi connectivity index (χ2n) is 6.16. The van der Waals surface area contributed by atoms with E-state index in [2.05, 4.69) is 56.6 Å². The average molecular weight is 306 g/mol. The molecule has 0 fully saturated rings. The van der Waals surface area contributed by atoms with Crippen molar-refractivity contribution in [3.63, 3.8) is 0 Å². The van der Waals surface area contributed by atoms with E-state index >= 15 is 0 Å². The van der Waals surface area contributed by atoms with E-state index in [0.717, 1.165) is 51.3 Å². The zero-order valence-electron chi connectivity index (χ0n) is 13.3. The molecule has 0 bridgehead atoms. The number of benzene rings is 1. The quantitative estimate of drug-likeness (QED) is 0.925. The summed E-state index contributed by atoms with van der Waals surface area (Å²) in [5, 5.41) is 3.45. The van der Waals surface area contributed by atoms with Crippen molar-refractivity contribution < 1.29 is 0 Å². The Hall–Kier alpha value is -2.20. The standard InChI is InChI=1S/C19H22N4/c1-2-4-15(5-3-1)16-8-12-23(13-9-16)19-17-6-10-20-11-7-18(17)21-14-22-19/h1-5,8,14,20H,6-7,9-13H2. The topological polar surface area (TPSA) is 41.1 Å². The van der Waals surface area contributed by atoms with Gasteiger partial charge in [0.25, 0.3) is 0 Å². The molecule has 0 aliphatic carbocycles. The van der Waals surface area contributed by atoms with Crippen LogP contribution in [0.3, 0.4) is 0 Å². The third kappa shape index (κ3) is 2.99. The van der Waals surface area contributed by atoms with Crippen molar-refractivity contribution in [1.82, 2.24) is 15.3 Å². The molecule has 1 N–H and O–H groups in total. The first kappa shape index (κ1) is 14.4. The van der Waals surface area contributed by atoms with Crippen LogP contribution in [0, 0.1) is 0 Å². The van der Waals surface area contributed by atoms with Gasteiger partial charge >= 0.3 is 0 Å². The first-order valence-corrected chi connectivity index (χ1v) is 8.45. The van der Waals surface area contributed by atoms with Gasteiger partial charge in [-0.2, -0.15) is 0 Å². The monoisotopic (exact) mass is 306 g/mol. The van der Waals surface area contributed by atoms with E-state index in [1.54, 1.807) is 6.33 Å². The lowest BCUT2D eigenvalue weighted by Crippen LogP contribution is -2.30. The largest absolute Gasteiger partial charge is 0.352 e. The lowest BCUT2D eigenvalue weighted by atomic mass is 9.99. The van der Waals surface area contributed by atoms with Crippen molar-refractivity contribution in [2.75, 3.05) is 31.1 Å². The van der Waals surface area contributed by atoms with Crippen LogP contribution < -0.4 is 10.2 Å². The first-order valence-electron chi connectivity index (χ1n) is 8.45. The van der Waals surface area contributed by atoms with Gasteiger partial charge in [-0.05, 0) is 30.5 Å². The number of nitrogens with one attached hydrogen (secondary N) is 1. The molecule has 0 saturated heterocycles. The van der Waals surface area contributed by atoms with Crippen molar-refractivity contribution in [3.8, 4) is 0 Å². The normalized spacial score (nSPS) is 18.1. The third-order valence-corrected chi connectivity index (χ3v) is 4.76. The molecule has 0 amide bonds. The van der Waals surface area contributed by atoms with E-state index in [1.165, 1.54) is 22.4 Å². The van der Waals surface area contributed by atoms with Crippen LogP contribution in [0.5, 0.6) is 0 Å². The van der Waals surface area contributed by atoms with Gasteiger partial charge in [0.05, 0.1) is 5.69 Å². The van der Waals surface area contributed by atoms with Crippen LogP contribution in [-0.2, 0) is 12.8 Å². The lowest BCUT2D eigenvalue weighted by molar-refractivity contribution is 0.707. The van der Waals surface area contributed by atoms with Gasteiger partial charge in [0.15, 0.2) is 0 Å². The molecule has 4 nitrogen and oxygen atoms in total. The van der Waals surface area contributed by atoms with Crippen LogP contribution in [0.15, 0.2) is 42.7 Å². The molecular formula is C19H22N4. The molecule has 2 aromatic rings. The summed E-state index contributed by atoms with van der Waals surface area (Å²) in [4.78, 5) is 11.5. The molecule has 1 aromatic carbocycles. The summed E-state index contributed by atoms with van der Waals surface area (Å²) in [5.74, 6) is 1.14. The Morgan fingerprint density at radius 1 is 0.957 bits per heavy atom. The fraction of sp³-hybridized carbons (Fsp3) is 0.368. The van der Waals surface area contributed by atoms with Crippen molar-refractivity contribution in [1.29, 1.82) is 0 Å². The highest BCUT2D eigenvalue weighted by Crippen LogP contribution is 2.28. The number of fused-ring (bicyclic) bond motifs is 1. The predicted molar refractivity (Wildman–Crippen MR) is 93.6 cm³/mol. The second-order valence-corrected chi connectivity index (χ2v) is 6.16. The summed E-state index contributed by atoms with van der Waals surface area (Å²) in [6, 6.07) is 10.7. The van der Waals surface area contributed by atoms with Crippen LogP contribution >= 0.6 is 0 Å². The van der Waals surface area contributed by atoms with Gasteiger partial charge in [0, 0.05) is 31.6 Å². The smallest absolute Gasteiger partial charge is 0.135 e. The van der Waals surface area contributed by atoms with Crippen LogP contribution in [-0.4, -0.2) is 36.1 Å². The summed E-state index contributed by atoms with van der Waals surface area (Å²) in [6.45, 7) is 3.99. The van der Waals surface area contributed by atoms with Gasteiger partial charge in [-0.25, -0.2) is 9.97 Å². The minimum atomic E-state index is 0.932. The van der Waals surface area contributed by atoms with E-state index in [-0.39, 0.29) is 0 Å². The molecule has 118 valence electrons. The predicted octanol–water partition coefficient (Wildman–Crippen LogP) is 2.46. The lowest BCUT2D eigenvalue weighted by Gasteiger charge is -2.29. The molecule has 23 heavy (non-hydrogen) atoms. The number of rotatable bonds is 2. The van der Waals surface area contributed by atoms with Gasteiger partial charge < -0.3 is 10.2 Å². The number of hydrogen-bond acceptors (Lipinski definition) is 4.